The van der Waals surface area contributed by atoms with Crippen molar-refractivity contribution < 1.29 is 29.3 Å². The van der Waals surface area contributed by atoms with Gasteiger partial charge in [0.25, 0.3) is 11.9 Å². The number of carboxylic acids is 2. The second-order valence-corrected chi connectivity index (χ2v) is 10.5. The Hall–Kier alpha value is -5.70. The van der Waals surface area contributed by atoms with Crippen molar-refractivity contribution in [2.75, 3.05) is 32.1 Å². The third-order valence-corrected chi connectivity index (χ3v) is 6.52. The number of pyridine rings is 1. The molecule has 1 aliphatic heterocycles. The number of amidine groups is 1. The number of ether oxygens (including phenoxy) is 2. The summed E-state index contributed by atoms with van der Waals surface area (Å²) in [6.45, 7) is 6.42. The van der Waals surface area contributed by atoms with Crippen LogP contribution in [0, 0.1) is 5.41 Å². The molecule has 250 valence electrons. The van der Waals surface area contributed by atoms with Gasteiger partial charge in [-0.1, -0.05) is 12.1 Å². The average Bonchev–Trinajstić information content (AvgIpc) is 3.61. The maximum Gasteiger partial charge on any atom is 0.349 e. The molecule has 1 aliphatic rings. The number of carbonyl (C=O) groups is 2. The Morgan fingerprint density at radius 2 is 1.79 bits per heavy atom. The number of H-pyrrole nitrogens is 1. The van der Waals surface area contributed by atoms with Crippen LogP contribution in [0.2, 0.25) is 0 Å². The van der Waals surface area contributed by atoms with Gasteiger partial charge in [-0.15, -0.1) is 5.10 Å². The molecule has 0 saturated carbocycles. The van der Waals surface area contributed by atoms with Crippen LogP contribution in [-0.4, -0.2) is 85.5 Å². The summed E-state index contributed by atoms with van der Waals surface area (Å²) in [6, 6.07) is 17.7. The first-order valence-corrected chi connectivity index (χ1v) is 14.7. The van der Waals surface area contributed by atoms with Crippen molar-refractivity contribution in [2.45, 2.75) is 39.3 Å². The topological polar surface area (TPSA) is 222 Å². The monoisotopic (exact) mass is 648 g/mol. The lowest BCUT2D eigenvalue weighted by Crippen LogP contribution is -2.22. The van der Waals surface area contributed by atoms with E-state index in [0.717, 1.165) is 44.6 Å². The van der Waals surface area contributed by atoms with Gasteiger partial charge in [-0.05, 0) is 74.5 Å². The van der Waals surface area contributed by atoms with Gasteiger partial charge in [0.1, 0.15) is 18.0 Å². The molecule has 2 aromatic heterocycles. The summed E-state index contributed by atoms with van der Waals surface area (Å²) < 4.78 is 13.5. The van der Waals surface area contributed by atoms with Gasteiger partial charge < -0.3 is 35.6 Å². The Kier molecular flexibility index (Phi) is 13.0. The molecule has 15 heteroatoms. The van der Waals surface area contributed by atoms with Gasteiger partial charge in [-0.25, -0.2) is 9.78 Å². The number of nitrogens with zero attached hydrogens (tertiary/aromatic N) is 4. The van der Waals surface area contributed by atoms with Crippen LogP contribution in [0.25, 0.3) is 5.82 Å². The zero-order chi connectivity index (χ0) is 34.5. The molecule has 0 aliphatic carbocycles. The Labute approximate surface area is 271 Å². The van der Waals surface area contributed by atoms with Gasteiger partial charge in [0.2, 0.25) is 0 Å². The fourth-order valence-corrected chi connectivity index (χ4v) is 4.57. The predicted octanol–water partition coefficient (Wildman–Crippen LogP) is 3.10. The summed E-state index contributed by atoms with van der Waals surface area (Å²) in [4.78, 5) is 40.3. The number of aliphatic carboxylic acids is 2. The van der Waals surface area contributed by atoms with Crippen molar-refractivity contribution in [3.8, 4) is 17.3 Å². The molecule has 2 unspecified atom stereocenters. The highest BCUT2D eigenvalue weighted by molar-refractivity contribution is 5.95. The molecule has 3 heterocycles. The normalized spacial score (nSPS) is 14.4. The first-order valence-electron chi connectivity index (χ1n) is 14.7. The zero-order valence-electron chi connectivity index (χ0n) is 26.6. The highest BCUT2D eigenvalue weighted by Crippen LogP contribution is 2.35. The lowest BCUT2D eigenvalue weighted by atomic mass is 10.0. The highest BCUT2D eigenvalue weighted by atomic mass is 16.5. The molecule has 0 bridgehead atoms. The lowest BCUT2D eigenvalue weighted by Gasteiger charge is -2.21. The molecule has 47 heavy (non-hydrogen) atoms. The van der Waals surface area contributed by atoms with Crippen LogP contribution in [0.1, 0.15) is 50.2 Å². The van der Waals surface area contributed by atoms with E-state index in [0.29, 0.717) is 35.3 Å². The van der Waals surface area contributed by atoms with Crippen molar-refractivity contribution in [1.29, 1.82) is 5.41 Å². The summed E-state index contributed by atoms with van der Waals surface area (Å²) in [5.41, 5.74) is 7.40. The van der Waals surface area contributed by atoms with E-state index in [1.165, 1.54) is 4.68 Å². The van der Waals surface area contributed by atoms with Gasteiger partial charge in [-0.3, -0.25) is 20.0 Å². The van der Waals surface area contributed by atoms with Gasteiger partial charge in [0.15, 0.2) is 23.1 Å². The molecule has 15 nitrogen and oxygen atoms in total. The highest BCUT2D eigenvalue weighted by Gasteiger charge is 2.25. The lowest BCUT2D eigenvalue weighted by molar-refractivity contribution is -0.135. The number of likely N-dealkylation sites (tertiary alicyclic amines) is 1. The fraction of sp³-hybridized carbons (Fsp3) is 0.312. The molecular formula is C32H40N8O7. The Morgan fingerprint density at radius 1 is 1.11 bits per heavy atom. The van der Waals surface area contributed by atoms with Gasteiger partial charge in [0.05, 0.1) is 6.61 Å². The summed E-state index contributed by atoms with van der Waals surface area (Å²) in [7, 11) is 2.08. The number of nitrogen functional groups attached to an aromatic ring is 1. The third kappa shape index (κ3) is 11.0. The average molecular weight is 649 g/mol. The first kappa shape index (κ1) is 35.8. The minimum absolute atomic E-state index is 0.0121. The van der Waals surface area contributed by atoms with Crippen LogP contribution < -0.4 is 26.2 Å². The summed E-state index contributed by atoms with van der Waals surface area (Å²) in [5.74, 6) is 0.430. The van der Waals surface area contributed by atoms with E-state index in [1.807, 2.05) is 37.3 Å². The Morgan fingerprint density at radius 3 is 2.34 bits per heavy atom. The SMILES string of the molecule is CC(=O)O.CC(=O)O.CCOc1cc(C(Nc2ccc(C(=N)N)cc2)c2nn(-c3ccccn3)c(=O)[nH]2)ccc1OC1CCN(C)C1. The van der Waals surface area contributed by atoms with Crippen LogP contribution in [0.5, 0.6) is 11.5 Å². The van der Waals surface area contributed by atoms with Crippen molar-refractivity contribution >= 4 is 23.5 Å². The molecular weight excluding hydrogens is 608 g/mol. The molecule has 0 spiro atoms. The minimum atomic E-state index is -0.833. The smallest absolute Gasteiger partial charge is 0.349 e. The maximum absolute atomic E-state index is 12.9. The molecule has 1 saturated heterocycles. The minimum Gasteiger partial charge on any atom is -0.490 e. The van der Waals surface area contributed by atoms with Crippen molar-refractivity contribution in [1.82, 2.24) is 24.6 Å². The molecule has 2 atom stereocenters. The Bertz CT molecular complexity index is 1670. The quantitative estimate of drug-likeness (QED) is 0.108. The number of nitrogens with one attached hydrogen (secondary N) is 3. The van der Waals surface area contributed by atoms with Crippen LogP contribution in [0.3, 0.4) is 0 Å². The first-order chi connectivity index (χ1) is 22.4. The third-order valence-electron chi connectivity index (χ3n) is 6.52. The van der Waals surface area contributed by atoms with Crippen LogP contribution in [0.15, 0.2) is 71.7 Å². The summed E-state index contributed by atoms with van der Waals surface area (Å²) in [6.07, 6.45) is 2.66. The van der Waals surface area contributed by atoms with Crippen LogP contribution in [0.4, 0.5) is 5.69 Å². The van der Waals surface area contributed by atoms with E-state index >= 15 is 0 Å². The van der Waals surface area contributed by atoms with E-state index in [1.54, 1.807) is 36.5 Å². The van der Waals surface area contributed by atoms with Crippen molar-refractivity contribution in [3.63, 3.8) is 0 Å². The molecule has 7 N–H and O–H groups in total. The number of likely N-dealkylation sites (N-methyl/N-ethyl adjacent to an activating group) is 1. The van der Waals surface area contributed by atoms with Crippen LogP contribution in [-0.2, 0) is 9.59 Å². The van der Waals surface area contributed by atoms with Gasteiger partial charge in [0, 0.05) is 44.4 Å². The second kappa shape index (κ2) is 17.1. The number of aromatic amines is 1. The molecule has 0 radical (unpaired) electrons. The van der Waals surface area contributed by atoms with E-state index in [4.69, 9.17) is 40.4 Å². The molecule has 1 fully saturated rings. The van der Waals surface area contributed by atoms with E-state index in [2.05, 4.69) is 32.3 Å². The van der Waals surface area contributed by atoms with E-state index in [9.17, 15) is 4.79 Å². The molecule has 4 aromatic rings. The zero-order valence-corrected chi connectivity index (χ0v) is 26.6. The number of hydrogen-bond donors (Lipinski definition) is 6. The van der Waals surface area contributed by atoms with Crippen molar-refractivity contribution in [3.05, 3.63) is 94.3 Å². The van der Waals surface area contributed by atoms with Crippen molar-refractivity contribution in [2.24, 2.45) is 5.73 Å². The van der Waals surface area contributed by atoms with Gasteiger partial charge in [-0.2, -0.15) is 4.68 Å². The number of aromatic nitrogens is 4. The number of hydrogen-bond acceptors (Lipinski definition) is 10. The fourth-order valence-electron chi connectivity index (χ4n) is 4.57. The number of benzene rings is 2. The summed E-state index contributed by atoms with van der Waals surface area (Å²) >= 11 is 0. The van der Waals surface area contributed by atoms with Gasteiger partial charge >= 0.3 is 5.69 Å². The number of rotatable bonds is 10. The predicted molar refractivity (Wildman–Crippen MR) is 176 cm³/mol. The standard InChI is InChI=1S/C28H32N8O3.2C2H4O2/c1-3-38-23-16-19(9-12-22(23)39-21-13-15-35(2)17-21)25(32-20-10-7-18(8-11-20)26(29)30)27-33-28(37)36(34-27)24-6-4-5-14-31-24;2*1-2(3)4/h4-12,14,16,21,25,32H,3,13,15,17H2,1-2H3,(H3,29,30)(H,33,34,37);2*1H3,(H,3,4). The second-order valence-electron chi connectivity index (χ2n) is 10.5. The Balaban J connectivity index is 0.000000676. The maximum atomic E-state index is 12.9. The number of carboxylic acid groups (broad SMARTS) is 2. The number of anilines is 1. The van der Waals surface area contributed by atoms with E-state index in [-0.39, 0.29) is 11.9 Å². The molecule has 0 amide bonds. The molecule has 2 aromatic carbocycles. The molecule has 5 rings (SSSR count). The van der Waals surface area contributed by atoms with Crippen LogP contribution >= 0.6 is 0 Å². The largest absolute Gasteiger partial charge is 0.490 e. The summed E-state index contributed by atoms with van der Waals surface area (Å²) in [5, 5.41) is 30.5. The number of nitrogens with two attached hydrogens (primary N) is 1. The van der Waals surface area contributed by atoms with E-state index < -0.39 is 23.7 Å².